The molecule has 0 aromatic heterocycles. The average Bonchev–Trinajstić information content (AvgIpc) is 2.53. The molecule has 0 fully saturated rings. The summed E-state index contributed by atoms with van der Waals surface area (Å²) < 4.78 is 46.7. The molecule has 2 N–H and O–H groups in total. The lowest BCUT2D eigenvalue weighted by atomic mass is 10.2. The van der Waals surface area contributed by atoms with Crippen LogP contribution in [0, 0.1) is 5.92 Å². The van der Waals surface area contributed by atoms with Crippen LogP contribution < -0.4 is 15.4 Å². The highest BCUT2D eigenvalue weighted by atomic mass is 19.4. The van der Waals surface area contributed by atoms with Crippen molar-refractivity contribution in [2.75, 3.05) is 26.8 Å². The number of guanidine groups is 1. The molecule has 25 heavy (non-hydrogen) atoms. The van der Waals surface area contributed by atoms with Gasteiger partial charge in [-0.15, -0.1) is 13.2 Å². The molecule has 5 nitrogen and oxygen atoms in total. The number of nitrogens with one attached hydrogen (secondary N) is 2. The molecule has 1 rings (SSSR count). The quantitative estimate of drug-likeness (QED) is 0.403. The minimum absolute atomic E-state index is 0.162. The summed E-state index contributed by atoms with van der Waals surface area (Å²) in [4.78, 5) is 4.04. The van der Waals surface area contributed by atoms with Crippen molar-refractivity contribution >= 4 is 5.96 Å². The zero-order valence-electron chi connectivity index (χ0n) is 14.8. The van der Waals surface area contributed by atoms with E-state index in [4.69, 9.17) is 4.74 Å². The first-order valence-electron chi connectivity index (χ1n) is 8.17. The number of para-hydroxylation sites is 1. The zero-order valence-corrected chi connectivity index (χ0v) is 14.8. The van der Waals surface area contributed by atoms with Crippen LogP contribution in [-0.2, 0) is 11.3 Å². The fraction of sp³-hybridized carbons (Fsp3) is 0.588. The SMILES string of the molecule is CN=C(NCCCOCC(C)C)NCc1ccccc1OC(F)(F)F. The molecule has 0 amide bonds. The molecule has 0 radical (unpaired) electrons. The molecule has 0 atom stereocenters. The maximum absolute atomic E-state index is 12.4. The van der Waals surface area contributed by atoms with Crippen LogP contribution in [0.15, 0.2) is 29.3 Å². The number of halogens is 3. The monoisotopic (exact) mass is 361 g/mol. The van der Waals surface area contributed by atoms with Gasteiger partial charge in [-0.05, 0) is 18.4 Å². The molecule has 0 saturated heterocycles. The standard InChI is InChI=1S/C17H26F3N3O2/c1-13(2)12-24-10-6-9-22-16(21-3)23-11-14-7-4-5-8-15(14)25-17(18,19)20/h4-5,7-8,13H,6,9-12H2,1-3H3,(H2,21,22,23). The molecule has 1 aromatic rings. The van der Waals surface area contributed by atoms with Crippen LogP contribution in [-0.4, -0.2) is 39.1 Å². The van der Waals surface area contributed by atoms with Crippen molar-refractivity contribution in [2.45, 2.75) is 33.2 Å². The van der Waals surface area contributed by atoms with Crippen molar-refractivity contribution in [1.29, 1.82) is 0 Å². The first kappa shape index (κ1) is 21.1. The Bertz CT molecular complexity index is 534. The lowest BCUT2D eigenvalue weighted by Crippen LogP contribution is -2.37. The Hall–Kier alpha value is -1.96. The summed E-state index contributed by atoms with van der Waals surface area (Å²) in [5.41, 5.74) is 0.392. The van der Waals surface area contributed by atoms with Gasteiger partial charge in [0.1, 0.15) is 5.75 Å². The molecule has 0 unspecified atom stereocenters. The van der Waals surface area contributed by atoms with E-state index in [1.54, 1.807) is 19.2 Å². The van der Waals surface area contributed by atoms with Crippen molar-refractivity contribution in [3.63, 3.8) is 0 Å². The average molecular weight is 361 g/mol. The smallest absolute Gasteiger partial charge is 0.405 e. The second-order valence-electron chi connectivity index (χ2n) is 5.83. The molecule has 0 bridgehead atoms. The lowest BCUT2D eigenvalue weighted by molar-refractivity contribution is -0.274. The zero-order chi connectivity index (χ0) is 18.7. The van der Waals surface area contributed by atoms with Crippen LogP contribution in [0.2, 0.25) is 0 Å². The third-order valence-electron chi connectivity index (χ3n) is 3.08. The predicted molar refractivity (Wildman–Crippen MR) is 91.6 cm³/mol. The minimum Gasteiger partial charge on any atom is -0.405 e. The molecular formula is C17H26F3N3O2. The number of hydrogen-bond donors (Lipinski definition) is 2. The van der Waals surface area contributed by atoms with E-state index >= 15 is 0 Å². The largest absolute Gasteiger partial charge is 0.573 e. The summed E-state index contributed by atoms with van der Waals surface area (Å²) in [5.74, 6) is 0.784. The maximum atomic E-state index is 12.4. The van der Waals surface area contributed by atoms with E-state index in [-0.39, 0.29) is 12.3 Å². The molecular weight excluding hydrogens is 335 g/mol. The van der Waals surface area contributed by atoms with Gasteiger partial charge >= 0.3 is 6.36 Å². The Morgan fingerprint density at radius 1 is 1.20 bits per heavy atom. The van der Waals surface area contributed by atoms with E-state index in [0.717, 1.165) is 13.0 Å². The van der Waals surface area contributed by atoms with Crippen LogP contribution in [0.3, 0.4) is 0 Å². The normalized spacial score (nSPS) is 12.4. The molecule has 0 spiro atoms. The third kappa shape index (κ3) is 9.81. The Kier molecular flexibility index (Phi) is 9.12. The fourth-order valence-electron chi connectivity index (χ4n) is 1.97. The summed E-state index contributed by atoms with van der Waals surface area (Å²) in [6.45, 7) is 6.36. The summed E-state index contributed by atoms with van der Waals surface area (Å²) in [5, 5.41) is 6.06. The van der Waals surface area contributed by atoms with Crippen LogP contribution in [0.25, 0.3) is 0 Å². The number of aliphatic imine (C=N–C) groups is 1. The molecule has 0 aliphatic heterocycles. The van der Waals surface area contributed by atoms with Crippen molar-refractivity contribution in [1.82, 2.24) is 10.6 Å². The van der Waals surface area contributed by atoms with E-state index < -0.39 is 6.36 Å². The minimum atomic E-state index is -4.72. The van der Waals surface area contributed by atoms with Gasteiger partial charge in [-0.25, -0.2) is 0 Å². The van der Waals surface area contributed by atoms with Gasteiger partial charge < -0.3 is 20.1 Å². The third-order valence-corrected chi connectivity index (χ3v) is 3.08. The molecule has 0 aliphatic rings. The van der Waals surface area contributed by atoms with Gasteiger partial charge in [0.2, 0.25) is 0 Å². The van der Waals surface area contributed by atoms with E-state index in [1.807, 2.05) is 0 Å². The Morgan fingerprint density at radius 3 is 2.56 bits per heavy atom. The number of ether oxygens (including phenoxy) is 2. The summed E-state index contributed by atoms with van der Waals surface area (Å²) in [7, 11) is 1.60. The summed E-state index contributed by atoms with van der Waals surface area (Å²) >= 11 is 0. The Balaban J connectivity index is 2.40. The predicted octanol–water partition coefficient (Wildman–Crippen LogP) is 3.31. The number of nitrogens with zero attached hydrogens (tertiary/aromatic N) is 1. The lowest BCUT2D eigenvalue weighted by Gasteiger charge is -2.15. The van der Waals surface area contributed by atoms with Gasteiger partial charge in [0.25, 0.3) is 0 Å². The molecule has 142 valence electrons. The second kappa shape index (κ2) is 10.8. The van der Waals surface area contributed by atoms with Gasteiger partial charge in [-0.3, -0.25) is 4.99 Å². The molecule has 8 heteroatoms. The van der Waals surface area contributed by atoms with Crippen molar-refractivity contribution < 1.29 is 22.6 Å². The van der Waals surface area contributed by atoms with Crippen LogP contribution in [0.4, 0.5) is 13.2 Å². The number of alkyl halides is 3. The van der Waals surface area contributed by atoms with Gasteiger partial charge in [-0.1, -0.05) is 32.0 Å². The van der Waals surface area contributed by atoms with Crippen molar-refractivity contribution in [2.24, 2.45) is 10.9 Å². The van der Waals surface area contributed by atoms with E-state index in [2.05, 4.69) is 34.2 Å². The van der Waals surface area contributed by atoms with Gasteiger partial charge in [0.15, 0.2) is 5.96 Å². The van der Waals surface area contributed by atoms with Crippen LogP contribution in [0.1, 0.15) is 25.8 Å². The molecule has 0 heterocycles. The Morgan fingerprint density at radius 2 is 1.92 bits per heavy atom. The van der Waals surface area contributed by atoms with Gasteiger partial charge in [-0.2, -0.15) is 0 Å². The van der Waals surface area contributed by atoms with Crippen LogP contribution in [0.5, 0.6) is 5.75 Å². The number of hydrogen-bond acceptors (Lipinski definition) is 3. The van der Waals surface area contributed by atoms with Gasteiger partial charge in [0.05, 0.1) is 0 Å². The summed E-state index contributed by atoms with van der Waals surface area (Å²) in [6, 6.07) is 6.01. The van der Waals surface area contributed by atoms with Crippen molar-refractivity contribution in [3.05, 3.63) is 29.8 Å². The van der Waals surface area contributed by atoms with E-state index in [0.29, 0.717) is 30.6 Å². The topological polar surface area (TPSA) is 54.9 Å². The molecule has 1 aromatic carbocycles. The van der Waals surface area contributed by atoms with Gasteiger partial charge in [0, 0.05) is 38.9 Å². The maximum Gasteiger partial charge on any atom is 0.573 e. The first-order chi connectivity index (χ1) is 11.8. The molecule has 0 aliphatic carbocycles. The summed E-state index contributed by atoms with van der Waals surface area (Å²) in [6.07, 6.45) is -3.91. The van der Waals surface area contributed by atoms with Crippen molar-refractivity contribution in [3.8, 4) is 5.75 Å². The second-order valence-corrected chi connectivity index (χ2v) is 5.83. The van der Waals surface area contributed by atoms with Crippen LogP contribution >= 0.6 is 0 Å². The van der Waals surface area contributed by atoms with E-state index in [1.165, 1.54) is 12.1 Å². The molecule has 0 saturated carbocycles. The van der Waals surface area contributed by atoms with E-state index in [9.17, 15) is 13.2 Å². The highest BCUT2D eigenvalue weighted by molar-refractivity contribution is 5.79. The highest BCUT2D eigenvalue weighted by Gasteiger charge is 2.31. The highest BCUT2D eigenvalue weighted by Crippen LogP contribution is 2.25. The first-order valence-corrected chi connectivity index (χ1v) is 8.17. The Labute approximate surface area is 146 Å². The number of rotatable bonds is 9. The fourth-order valence-corrected chi connectivity index (χ4v) is 1.97. The number of benzene rings is 1.